The van der Waals surface area contributed by atoms with Gasteiger partial charge >= 0.3 is 5.97 Å². The predicted octanol–water partition coefficient (Wildman–Crippen LogP) is 1.22. The summed E-state index contributed by atoms with van der Waals surface area (Å²) in [7, 11) is -4.06. The van der Waals surface area contributed by atoms with Gasteiger partial charge in [-0.2, -0.15) is 4.31 Å². The lowest BCUT2D eigenvalue weighted by Crippen LogP contribution is -2.47. The molecule has 1 aromatic rings. The van der Waals surface area contributed by atoms with Gasteiger partial charge in [-0.25, -0.2) is 12.8 Å². The number of hydrogen-bond acceptors (Lipinski definition) is 4. The molecule has 1 atom stereocenters. The fourth-order valence-electron chi connectivity index (χ4n) is 1.96. The molecule has 2 N–H and O–H groups in total. The maximum absolute atomic E-state index is 13.5. The van der Waals surface area contributed by atoms with Gasteiger partial charge in [0, 0.05) is 20.0 Å². The van der Waals surface area contributed by atoms with Crippen molar-refractivity contribution in [2.75, 3.05) is 13.1 Å². The highest BCUT2D eigenvalue weighted by molar-refractivity contribution is 7.88. The van der Waals surface area contributed by atoms with Gasteiger partial charge in [-0.3, -0.25) is 9.59 Å². The van der Waals surface area contributed by atoms with Gasteiger partial charge in [-0.1, -0.05) is 17.7 Å². The lowest BCUT2D eigenvalue weighted by atomic mass is 10.2. The summed E-state index contributed by atoms with van der Waals surface area (Å²) in [5, 5.41) is 11.4. The first kappa shape index (κ1) is 20.3. The molecule has 134 valence electrons. The number of amides is 1. The van der Waals surface area contributed by atoms with Crippen LogP contribution in [0.5, 0.6) is 0 Å². The molecule has 0 aliphatic carbocycles. The number of halogens is 2. The molecule has 0 saturated heterocycles. The summed E-state index contributed by atoms with van der Waals surface area (Å²) >= 11 is 5.55. The fourth-order valence-corrected chi connectivity index (χ4v) is 3.79. The van der Waals surface area contributed by atoms with Crippen LogP contribution in [-0.2, 0) is 25.4 Å². The number of aliphatic carboxylic acids is 1. The van der Waals surface area contributed by atoms with Crippen molar-refractivity contribution in [3.05, 3.63) is 34.6 Å². The third-order valence-corrected chi connectivity index (χ3v) is 5.40. The van der Waals surface area contributed by atoms with E-state index < -0.39 is 33.6 Å². The highest BCUT2D eigenvalue weighted by Crippen LogP contribution is 2.19. The van der Waals surface area contributed by atoms with E-state index in [1.54, 1.807) is 0 Å². The molecule has 0 heterocycles. The van der Waals surface area contributed by atoms with Crippen LogP contribution in [0.3, 0.4) is 0 Å². The molecule has 0 bridgehead atoms. The largest absolute Gasteiger partial charge is 0.480 e. The van der Waals surface area contributed by atoms with Crippen LogP contribution < -0.4 is 5.32 Å². The van der Waals surface area contributed by atoms with Gasteiger partial charge in [0.1, 0.15) is 11.9 Å². The van der Waals surface area contributed by atoms with Gasteiger partial charge in [0.2, 0.25) is 15.9 Å². The molecule has 1 aromatic carbocycles. The van der Waals surface area contributed by atoms with Crippen molar-refractivity contribution in [3.8, 4) is 0 Å². The zero-order valence-electron chi connectivity index (χ0n) is 13.1. The summed E-state index contributed by atoms with van der Waals surface area (Å²) in [5.41, 5.74) is 0.138. The summed E-state index contributed by atoms with van der Waals surface area (Å²) in [6, 6.07) is 2.22. The summed E-state index contributed by atoms with van der Waals surface area (Å²) in [5.74, 6) is -3.04. The van der Waals surface area contributed by atoms with Gasteiger partial charge in [-0.15, -0.1) is 0 Å². The second-order valence-corrected chi connectivity index (χ2v) is 7.44. The van der Waals surface area contributed by atoms with Crippen LogP contribution in [0.25, 0.3) is 0 Å². The monoisotopic (exact) mass is 380 g/mol. The lowest BCUT2D eigenvalue weighted by Gasteiger charge is -2.25. The molecule has 0 radical (unpaired) electrons. The zero-order valence-corrected chi connectivity index (χ0v) is 14.7. The smallest absolute Gasteiger partial charge is 0.321 e. The molecule has 7 nitrogen and oxygen atoms in total. The molecule has 0 aliphatic rings. The Balaban J connectivity index is 3.01. The SMILES string of the molecule is CC(=O)NCCN(C(C)C(=O)O)S(=O)(=O)Cc1ccc(Cl)c(F)c1. The van der Waals surface area contributed by atoms with E-state index in [0.29, 0.717) is 0 Å². The fraction of sp³-hybridized carbons (Fsp3) is 0.429. The normalized spacial score (nSPS) is 12.9. The van der Waals surface area contributed by atoms with Crippen LogP contribution in [-0.4, -0.2) is 48.8 Å². The van der Waals surface area contributed by atoms with E-state index in [0.717, 1.165) is 10.4 Å². The van der Waals surface area contributed by atoms with Crippen LogP contribution in [0.1, 0.15) is 19.4 Å². The summed E-state index contributed by atoms with van der Waals surface area (Å²) in [6.45, 7) is 2.22. The number of benzene rings is 1. The molecule has 0 spiro atoms. The van der Waals surface area contributed by atoms with Crippen LogP contribution in [0.4, 0.5) is 4.39 Å². The van der Waals surface area contributed by atoms with E-state index in [-0.39, 0.29) is 29.6 Å². The number of carboxylic acids is 1. The molecule has 0 fully saturated rings. The van der Waals surface area contributed by atoms with Gasteiger partial charge in [0.15, 0.2) is 0 Å². The van der Waals surface area contributed by atoms with E-state index >= 15 is 0 Å². The van der Waals surface area contributed by atoms with Gasteiger partial charge in [0.25, 0.3) is 0 Å². The second kappa shape index (κ2) is 8.41. The van der Waals surface area contributed by atoms with Crippen LogP contribution in [0.2, 0.25) is 5.02 Å². The molecule has 0 aromatic heterocycles. The molecular formula is C14H18ClFN2O5S. The Hall–Kier alpha value is -1.71. The Morgan fingerprint density at radius 3 is 2.54 bits per heavy atom. The van der Waals surface area contributed by atoms with Crippen molar-refractivity contribution < 1.29 is 27.5 Å². The van der Waals surface area contributed by atoms with E-state index in [1.165, 1.54) is 26.0 Å². The molecule has 0 aliphatic heterocycles. The number of carboxylic acid groups (broad SMARTS) is 1. The number of carbonyl (C=O) groups is 2. The van der Waals surface area contributed by atoms with Gasteiger partial charge in [0.05, 0.1) is 10.8 Å². The van der Waals surface area contributed by atoms with Crippen LogP contribution in [0.15, 0.2) is 18.2 Å². The molecule has 10 heteroatoms. The predicted molar refractivity (Wildman–Crippen MR) is 86.5 cm³/mol. The average Bonchev–Trinajstić information content (AvgIpc) is 2.46. The Bertz CT molecular complexity index is 726. The zero-order chi connectivity index (χ0) is 18.5. The topological polar surface area (TPSA) is 104 Å². The van der Waals surface area contributed by atoms with Gasteiger partial charge in [-0.05, 0) is 24.6 Å². The Morgan fingerprint density at radius 1 is 1.42 bits per heavy atom. The van der Waals surface area contributed by atoms with Crippen molar-refractivity contribution in [2.24, 2.45) is 0 Å². The minimum Gasteiger partial charge on any atom is -0.480 e. The molecule has 1 amide bonds. The maximum Gasteiger partial charge on any atom is 0.321 e. The average molecular weight is 381 g/mol. The van der Waals surface area contributed by atoms with Gasteiger partial charge < -0.3 is 10.4 Å². The molecule has 1 unspecified atom stereocenters. The van der Waals surface area contributed by atoms with E-state index in [2.05, 4.69) is 5.32 Å². The summed E-state index contributed by atoms with van der Waals surface area (Å²) in [4.78, 5) is 22.1. The first-order valence-corrected chi connectivity index (χ1v) is 8.94. The number of carbonyl (C=O) groups excluding carboxylic acids is 1. The number of hydrogen-bond donors (Lipinski definition) is 2. The van der Waals surface area contributed by atoms with Crippen LogP contribution >= 0.6 is 11.6 Å². The first-order valence-electron chi connectivity index (χ1n) is 6.95. The van der Waals surface area contributed by atoms with Crippen molar-refractivity contribution in [1.29, 1.82) is 0 Å². The summed E-state index contributed by atoms with van der Waals surface area (Å²) < 4.78 is 39.2. The Kier molecular flexibility index (Phi) is 7.12. The van der Waals surface area contributed by atoms with E-state index in [1.807, 2.05) is 0 Å². The third kappa shape index (κ3) is 5.73. The van der Waals surface area contributed by atoms with Crippen LogP contribution in [0, 0.1) is 5.82 Å². The Morgan fingerprint density at radius 2 is 2.04 bits per heavy atom. The number of rotatable bonds is 8. The lowest BCUT2D eigenvalue weighted by molar-refractivity contribution is -0.140. The molecular weight excluding hydrogens is 363 g/mol. The minimum absolute atomic E-state index is 0.0405. The first-order chi connectivity index (χ1) is 11.0. The molecule has 0 saturated carbocycles. The second-order valence-electron chi connectivity index (χ2n) is 5.11. The standard InChI is InChI=1S/C14H18ClFN2O5S/c1-9(14(20)21)18(6-5-17-10(2)19)24(22,23)8-11-3-4-12(15)13(16)7-11/h3-4,7,9H,5-6,8H2,1-2H3,(H,17,19)(H,20,21). The molecule has 1 rings (SSSR count). The Labute approximate surface area is 144 Å². The van der Waals surface area contributed by atoms with E-state index in [9.17, 15) is 22.4 Å². The van der Waals surface area contributed by atoms with Crippen molar-refractivity contribution >= 4 is 33.5 Å². The quantitative estimate of drug-likeness (QED) is 0.705. The minimum atomic E-state index is -4.06. The summed E-state index contributed by atoms with van der Waals surface area (Å²) in [6.07, 6.45) is 0. The maximum atomic E-state index is 13.5. The highest BCUT2D eigenvalue weighted by Gasteiger charge is 2.31. The number of nitrogens with zero attached hydrogens (tertiary/aromatic N) is 1. The van der Waals surface area contributed by atoms with Crippen molar-refractivity contribution in [3.63, 3.8) is 0 Å². The number of nitrogens with one attached hydrogen (secondary N) is 1. The highest BCUT2D eigenvalue weighted by atomic mass is 35.5. The molecule has 24 heavy (non-hydrogen) atoms. The van der Waals surface area contributed by atoms with Crippen molar-refractivity contribution in [1.82, 2.24) is 9.62 Å². The third-order valence-electron chi connectivity index (χ3n) is 3.19. The van der Waals surface area contributed by atoms with E-state index in [4.69, 9.17) is 16.7 Å². The van der Waals surface area contributed by atoms with Crippen molar-refractivity contribution in [2.45, 2.75) is 25.6 Å². The number of sulfonamides is 1.